The number of fused-ring (bicyclic) bond motifs is 1. The molecule has 2 saturated heterocycles. The fraction of sp³-hybridized carbons (Fsp3) is 0.600. The van der Waals surface area contributed by atoms with Crippen molar-refractivity contribution in [1.82, 2.24) is 9.80 Å². The van der Waals surface area contributed by atoms with Gasteiger partial charge in [-0.3, -0.25) is 0 Å². The van der Waals surface area contributed by atoms with Crippen molar-refractivity contribution in [3.8, 4) is 0 Å². The number of ether oxygens (including phenoxy) is 2. The summed E-state index contributed by atoms with van der Waals surface area (Å²) in [6.45, 7) is 15.1. The van der Waals surface area contributed by atoms with E-state index in [1.807, 2.05) is 59.7 Å². The van der Waals surface area contributed by atoms with E-state index < -0.39 is 17.3 Å². The molecule has 0 aromatic heterocycles. The Morgan fingerprint density at radius 2 is 1.26 bits per heavy atom. The summed E-state index contributed by atoms with van der Waals surface area (Å²) < 4.78 is 11.1. The maximum absolute atomic E-state index is 12.5. The Balaban J connectivity index is 1.44. The van der Waals surface area contributed by atoms with Crippen LogP contribution in [0.25, 0.3) is 10.8 Å². The van der Waals surface area contributed by atoms with Gasteiger partial charge < -0.3 is 29.3 Å². The molecular formula is C30H43N3O5. The second kappa shape index (κ2) is 11.0. The number of anilines is 1. The van der Waals surface area contributed by atoms with Crippen LogP contribution in [-0.4, -0.2) is 77.6 Å². The summed E-state index contributed by atoms with van der Waals surface area (Å²) in [5, 5.41) is 13.6. The van der Waals surface area contributed by atoms with Crippen LogP contribution in [0.5, 0.6) is 0 Å². The third-order valence-electron chi connectivity index (χ3n) is 7.16. The second-order valence-electron chi connectivity index (χ2n) is 12.4. The number of carbonyl (C=O) groups excluding carboxylic acids is 2. The molecule has 4 rings (SSSR count). The molecule has 0 spiro atoms. The lowest BCUT2D eigenvalue weighted by Crippen LogP contribution is -2.50. The van der Waals surface area contributed by atoms with Crippen molar-refractivity contribution in [2.24, 2.45) is 5.92 Å². The number of rotatable bonds is 3. The summed E-state index contributed by atoms with van der Waals surface area (Å²) in [4.78, 5) is 30.8. The summed E-state index contributed by atoms with van der Waals surface area (Å²) in [6.07, 6.45) is 0.288. The fourth-order valence-corrected chi connectivity index (χ4v) is 5.27. The molecule has 0 bridgehead atoms. The van der Waals surface area contributed by atoms with Crippen LogP contribution in [0.2, 0.25) is 0 Å². The van der Waals surface area contributed by atoms with E-state index in [-0.39, 0.29) is 18.1 Å². The van der Waals surface area contributed by atoms with Crippen molar-refractivity contribution >= 4 is 28.6 Å². The molecule has 1 unspecified atom stereocenters. The number of carbonyl (C=O) groups is 2. The van der Waals surface area contributed by atoms with Crippen LogP contribution in [0.1, 0.15) is 66.1 Å². The average molecular weight is 526 g/mol. The minimum absolute atomic E-state index is 0.0697. The molecule has 2 heterocycles. The van der Waals surface area contributed by atoms with Gasteiger partial charge in [0.15, 0.2) is 0 Å². The summed E-state index contributed by atoms with van der Waals surface area (Å²) in [6, 6.07) is 12.4. The number of hydrogen-bond donors (Lipinski definition) is 1. The normalized spacial score (nSPS) is 18.4. The molecular weight excluding hydrogens is 482 g/mol. The largest absolute Gasteiger partial charge is 0.444 e. The molecule has 208 valence electrons. The predicted octanol–water partition coefficient (Wildman–Crippen LogP) is 5.58. The quantitative estimate of drug-likeness (QED) is 0.564. The molecule has 2 aromatic carbocycles. The Morgan fingerprint density at radius 3 is 1.79 bits per heavy atom. The zero-order valence-corrected chi connectivity index (χ0v) is 23.7. The molecule has 0 saturated carbocycles. The number of aliphatic hydroxyl groups excluding tert-OH is 1. The first-order valence-corrected chi connectivity index (χ1v) is 13.7. The van der Waals surface area contributed by atoms with Crippen LogP contribution >= 0.6 is 0 Å². The van der Waals surface area contributed by atoms with Gasteiger partial charge in [-0.15, -0.1) is 0 Å². The van der Waals surface area contributed by atoms with E-state index >= 15 is 0 Å². The van der Waals surface area contributed by atoms with Gasteiger partial charge in [0, 0.05) is 50.3 Å². The van der Waals surface area contributed by atoms with Gasteiger partial charge in [0.2, 0.25) is 0 Å². The number of piperidine rings is 1. The third kappa shape index (κ3) is 6.70. The second-order valence-corrected chi connectivity index (χ2v) is 12.4. The van der Waals surface area contributed by atoms with Gasteiger partial charge in [-0.1, -0.05) is 30.3 Å². The van der Waals surface area contributed by atoms with Gasteiger partial charge in [0.25, 0.3) is 0 Å². The average Bonchev–Trinajstić information content (AvgIpc) is 2.86. The van der Waals surface area contributed by atoms with Crippen molar-refractivity contribution in [3.63, 3.8) is 0 Å². The van der Waals surface area contributed by atoms with Crippen LogP contribution in [0.15, 0.2) is 36.4 Å². The number of piperazine rings is 1. The standard InChI is InChI=1S/C30H43N3O5/c1-29(2,3)37-27(35)32-15-13-21(14-16-32)26(34)24-11-12-25(23-10-8-7-9-22(23)24)31-17-19-33(20-18-31)28(36)38-30(4,5)6/h7-12,21,26,34H,13-20H2,1-6H3. The first-order chi connectivity index (χ1) is 17.8. The van der Waals surface area contributed by atoms with E-state index in [4.69, 9.17) is 9.47 Å². The highest BCUT2D eigenvalue weighted by atomic mass is 16.6. The number of aliphatic hydroxyl groups is 1. The molecule has 38 heavy (non-hydrogen) atoms. The van der Waals surface area contributed by atoms with Crippen LogP contribution < -0.4 is 4.90 Å². The van der Waals surface area contributed by atoms with Crippen LogP contribution in [0.3, 0.4) is 0 Å². The maximum Gasteiger partial charge on any atom is 0.410 e. The van der Waals surface area contributed by atoms with Gasteiger partial charge >= 0.3 is 12.2 Å². The van der Waals surface area contributed by atoms with Crippen LogP contribution in [0.4, 0.5) is 15.3 Å². The van der Waals surface area contributed by atoms with Crippen molar-refractivity contribution in [1.29, 1.82) is 0 Å². The molecule has 0 radical (unpaired) electrons. The Morgan fingerprint density at radius 1 is 0.763 bits per heavy atom. The van der Waals surface area contributed by atoms with Gasteiger partial charge in [-0.2, -0.15) is 0 Å². The number of hydrogen-bond acceptors (Lipinski definition) is 6. The maximum atomic E-state index is 12.5. The molecule has 8 nitrogen and oxygen atoms in total. The Bertz CT molecular complexity index is 1140. The summed E-state index contributed by atoms with van der Waals surface area (Å²) in [7, 11) is 0. The first-order valence-electron chi connectivity index (χ1n) is 13.7. The highest BCUT2D eigenvalue weighted by molar-refractivity contribution is 5.97. The fourth-order valence-electron chi connectivity index (χ4n) is 5.27. The lowest BCUT2D eigenvalue weighted by atomic mass is 9.85. The smallest absolute Gasteiger partial charge is 0.410 e. The van der Waals surface area contributed by atoms with Gasteiger partial charge in [-0.25, -0.2) is 9.59 Å². The molecule has 8 heteroatoms. The summed E-state index contributed by atoms with van der Waals surface area (Å²) >= 11 is 0. The molecule has 0 aliphatic carbocycles. The summed E-state index contributed by atoms with van der Waals surface area (Å²) in [5.74, 6) is 0.0697. The number of likely N-dealkylation sites (tertiary alicyclic amines) is 1. The molecule has 2 amide bonds. The molecule has 2 aliphatic heterocycles. The lowest BCUT2D eigenvalue weighted by Gasteiger charge is -2.38. The monoisotopic (exact) mass is 525 g/mol. The lowest BCUT2D eigenvalue weighted by molar-refractivity contribution is 0.00780. The van der Waals surface area contributed by atoms with E-state index in [1.165, 1.54) is 0 Å². The SMILES string of the molecule is CC(C)(C)OC(=O)N1CCC(C(O)c2ccc(N3CCN(C(=O)OC(C)(C)C)CC3)c3ccccc23)CC1. The zero-order valence-electron chi connectivity index (χ0n) is 23.7. The van der Waals surface area contributed by atoms with Crippen molar-refractivity contribution < 1.29 is 24.2 Å². The minimum Gasteiger partial charge on any atom is -0.444 e. The Kier molecular flexibility index (Phi) is 8.12. The topological polar surface area (TPSA) is 82.5 Å². The van der Waals surface area contributed by atoms with E-state index in [9.17, 15) is 14.7 Å². The number of amides is 2. The Hall–Kier alpha value is -3.00. The number of benzene rings is 2. The molecule has 1 atom stereocenters. The molecule has 2 fully saturated rings. The first kappa shape index (κ1) is 28.0. The van der Waals surface area contributed by atoms with E-state index in [0.29, 0.717) is 39.3 Å². The van der Waals surface area contributed by atoms with Gasteiger partial charge in [0.05, 0.1) is 6.10 Å². The van der Waals surface area contributed by atoms with Gasteiger partial charge in [0.1, 0.15) is 11.2 Å². The van der Waals surface area contributed by atoms with E-state index in [2.05, 4.69) is 23.1 Å². The van der Waals surface area contributed by atoms with Crippen LogP contribution in [-0.2, 0) is 9.47 Å². The van der Waals surface area contributed by atoms with Crippen molar-refractivity contribution in [2.45, 2.75) is 71.7 Å². The summed E-state index contributed by atoms with van der Waals surface area (Å²) in [5.41, 5.74) is 1.01. The predicted molar refractivity (Wildman–Crippen MR) is 149 cm³/mol. The van der Waals surface area contributed by atoms with Crippen molar-refractivity contribution in [2.75, 3.05) is 44.2 Å². The highest BCUT2D eigenvalue weighted by Crippen LogP contribution is 2.38. The van der Waals surface area contributed by atoms with E-state index in [1.54, 1.807) is 9.80 Å². The third-order valence-corrected chi connectivity index (χ3v) is 7.16. The Labute approximate surface area is 226 Å². The molecule has 2 aromatic rings. The van der Waals surface area contributed by atoms with E-state index in [0.717, 1.165) is 34.9 Å². The zero-order chi connectivity index (χ0) is 27.7. The molecule has 1 N–H and O–H groups in total. The minimum atomic E-state index is -0.612. The molecule has 2 aliphatic rings. The highest BCUT2D eigenvalue weighted by Gasteiger charge is 2.32. The van der Waals surface area contributed by atoms with Crippen LogP contribution in [0, 0.1) is 5.92 Å². The van der Waals surface area contributed by atoms with Gasteiger partial charge in [-0.05, 0) is 77.3 Å². The number of nitrogens with zero attached hydrogens (tertiary/aromatic N) is 3. The van der Waals surface area contributed by atoms with Crippen molar-refractivity contribution in [3.05, 3.63) is 42.0 Å².